The lowest BCUT2D eigenvalue weighted by Crippen LogP contribution is -2.06. The van der Waals surface area contributed by atoms with Gasteiger partial charge in [-0.25, -0.2) is 0 Å². The SMILES string of the molecule is O=S(=O)(O)Oc1cccc(Cl)c1Cl. The molecular formula is C6H4Cl2O4S. The first kappa shape index (κ1) is 10.6. The van der Waals surface area contributed by atoms with Crippen molar-refractivity contribution in [1.29, 1.82) is 0 Å². The van der Waals surface area contributed by atoms with Gasteiger partial charge >= 0.3 is 10.4 Å². The predicted molar refractivity (Wildman–Crippen MR) is 48.6 cm³/mol. The second-order valence-electron chi connectivity index (χ2n) is 2.06. The molecule has 0 amide bonds. The second kappa shape index (κ2) is 3.71. The Labute approximate surface area is 85.0 Å². The highest BCUT2D eigenvalue weighted by Crippen LogP contribution is 2.31. The molecule has 0 fully saturated rings. The molecule has 0 aliphatic rings. The molecule has 1 aromatic carbocycles. The highest BCUT2D eigenvalue weighted by Gasteiger charge is 2.12. The number of hydrogen-bond acceptors (Lipinski definition) is 3. The zero-order valence-electron chi connectivity index (χ0n) is 6.07. The Balaban J connectivity index is 3.10. The van der Waals surface area contributed by atoms with Crippen LogP contribution in [0.4, 0.5) is 0 Å². The molecule has 0 radical (unpaired) electrons. The molecule has 0 bridgehead atoms. The molecule has 0 aromatic heterocycles. The van der Waals surface area contributed by atoms with Crippen LogP contribution in [-0.4, -0.2) is 13.0 Å². The molecule has 13 heavy (non-hydrogen) atoms. The summed E-state index contributed by atoms with van der Waals surface area (Å²) in [4.78, 5) is 0. The van der Waals surface area contributed by atoms with Crippen LogP contribution >= 0.6 is 23.2 Å². The van der Waals surface area contributed by atoms with Gasteiger partial charge in [-0.1, -0.05) is 29.3 Å². The van der Waals surface area contributed by atoms with E-state index in [1.165, 1.54) is 18.2 Å². The van der Waals surface area contributed by atoms with E-state index in [1.54, 1.807) is 0 Å². The Morgan fingerprint density at radius 3 is 2.46 bits per heavy atom. The molecule has 1 N–H and O–H groups in total. The monoisotopic (exact) mass is 242 g/mol. The smallest absolute Gasteiger partial charge is 0.360 e. The maximum Gasteiger partial charge on any atom is 0.446 e. The van der Waals surface area contributed by atoms with Gasteiger partial charge in [0.05, 0.1) is 5.02 Å². The van der Waals surface area contributed by atoms with E-state index in [4.69, 9.17) is 27.8 Å². The molecule has 0 aliphatic carbocycles. The Morgan fingerprint density at radius 1 is 1.31 bits per heavy atom. The van der Waals surface area contributed by atoms with Crippen molar-refractivity contribution in [2.24, 2.45) is 0 Å². The summed E-state index contributed by atoms with van der Waals surface area (Å²) < 4.78 is 33.1. The molecule has 0 saturated heterocycles. The molecule has 0 saturated carbocycles. The average Bonchev–Trinajstić information content (AvgIpc) is 1.96. The third-order valence-electron chi connectivity index (χ3n) is 1.11. The minimum absolute atomic E-state index is 0.0678. The zero-order valence-corrected chi connectivity index (χ0v) is 8.40. The summed E-state index contributed by atoms with van der Waals surface area (Å²) in [7, 11) is -4.56. The van der Waals surface area contributed by atoms with Gasteiger partial charge in [0.2, 0.25) is 0 Å². The van der Waals surface area contributed by atoms with Gasteiger partial charge in [0.25, 0.3) is 0 Å². The van der Waals surface area contributed by atoms with Crippen molar-refractivity contribution < 1.29 is 17.2 Å². The number of hydrogen-bond donors (Lipinski definition) is 1. The first-order valence-corrected chi connectivity index (χ1v) is 5.13. The molecule has 4 nitrogen and oxygen atoms in total. The van der Waals surface area contributed by atoms with E-state index in [0.29, 0.717) is 0 Å². The molecule has 1 rings (SSSR count). The largest absolute Gasteiger partial charge is 0.446 e. The normalized spacial score (nSPS) is 11.3. The molecule has 0 aliphatic heterocycles. The molecule has 0 heterocycles. The van der Waals surface area contributed by atoms with Crippen LogP contribution in [0.5, 0.6) is 5.75 Å². The van der Waals surface area contributed by atoms with E-state index in [-0.39, 0.29) is 15.8 Å². The molecule has 72 valence electrons. The van der Waals surface area contributed by atoms with E-state index in [1.807, 2.05) is 0 Å². The Kier molecular flexibility index (Phi) is 3.02. The molecule has 0 atom stereocenters. The van der Waals surface area contributed by atoms with Crippen LogP contribution in [0.15, 0.2) is 18.2 Å². The molecule has 7 heteroatoms. The third-order valence-corrected chi connectivity index (χ3v) is 2.30. The Morgan fingerprint density at radius 2 is 1.92 bits per heavy atom. The fourth-order valence-electron chi connectivity index (χ4n) is 0.662. The van der Waals surface area contributed by atoms with Crippen LogP contribution in [0.3, 0.4) is 0 Å². The molecular weight excluding hydrogens is 239 g/mol. The first-order valence-electron chi connectivity index (χ1n) is 3.01. The van der Waals surface area contributed by atoms with Crippen LogP contribution in [0, 0.1) is 0 Å². The summed E-state index contributed by atoms with van der Waals surface area (Å²) in [6.07, 6.45) is 0. The summed E-state index contributed by atoms with van der Waals surface area (Å²) in [6.45, 7) is 0. The number of benzene rings is 1. The summed E-state index contributed by atoms with van der Waals surface area (Å²) >= 11 is 11.1. The van der Waals surface area contributed by atoms with Gasteiger partial charge in [-0.15, -0.1) is 0 Å². The summed E-state index contributed by atoms with van der Waals surface area (Å²) in [5.41, 5.74) is 0. The van der Waals surface area contributed by atoms with Crippen molar-refractivity contribution in [3.63, 3.8) is 0 Å². The van der Waals surface area contributed by atoms with Gasteiger partial charge < -0.3 is 4.18 Å². The lowest BCUT2D eigenvalue weighted by Gasteiger charge is -2.03. The highest BCUT2D eigenvalue weighted by atomic mass is 35.5. The lowest BCUT2D eigenvalue weighted by molar-refractivity contribution is 0.387. The number of rotatable bonds is 2. The minimum Gasteiger partial charge on any atom is -0.360 e. The highest BCUT2D eigenvalue weighted by molar-refractivity contribution is 7.81. The fourth-order valence-corrected chi connectivity index (χ4v) is 1.40. The number of halogens is 2. The summed E-state index contributed by atoms with van der Waals surface area (Å²) in [5.74, 6) is -0.211. The maximum absolute atomic E-state index is 10.3. The van der Waals surface area contributed by atoms with Gasteiger partial charge in [0.15, 0.2) is 5.75 Å². The summed E-state index contributed by atoms with van der Waals surface area (Å²) in [5, 5.41) is 0.0737. The van der Waals surface area contributed by atoms with Crippen molar-refractivity contribution in [2.75, 3.05) is 0 Å². The first-order chi connectivity index (χ1) is 5.90. The van der Waals surface area contributed by atoms with E-state index < -0.39 is 10.4 Å². The van der Waals surface area contributed by atoms with Crippen LogP contribution in [0.25, 0.3) is 0 Å². The standard InChI is InChI=1S/C6H4Cl2O4S/c7-4-2-1-3-5(6(4)8)12-13(9,10)11/h1-3H,(H,9,10,11). The van der Waals surface area contributed by atoms with Crippen molar-refractivity contribution in [2.45, 2.75) is 0 Å². The van der Waals surface area contributed by atoms with E-state index in [9.17, 15) is 8.42 Å². The van der Waals surface area contributed by atoms with Gasteiger partial charge in [-0.2, -0.15) is 8.42 Å². The lowest BCUT2D eigenvalue weighted by atomic mass is 10.3. The van der Waals surface area contributed by atoms with E-state index in [2.05, 4.69) is 4.18 Å². The van der Waals surface area contributed by atoms with Gasteiger partial charge in [-0.3, -0.25) is 4.55 Å². The minimum atomic E-state index is -4.56. The van der Waals surface area contributed by atoms with Gasteiger partial charge in [0.1, 0.15) is 5.02 Å². The van der Waals surface area contributed by atoms with E-state index >= 15 is 0 Å². The van der Waals surface area contributed by atoms with Crippen LogP contribution in [-0.2, 0) is 10.4 Å². The Hall–Kier alpha value is -0.490. The van der Waals surface area contributed by atoms with Crippen molar-refractivity contribution in [1.82, 2.24) is 0 Å². The van der Waals surface area contributed by atoms with Gasteiger partial charge in [0, 0.05) is 0 Å². The molecule has 0 unspecified atom stereocenters. The topological polar surface area (TPSA) is 63.6 Å². The second-order valence-corrected chi connectivity index (χ2v) is 3.87. The Bertz CT molecular complexity index is 415. The fraction of sp³-hybridized carbons (Fsp3) is 0. The molecule has 0 spiro atoms. The summed E-state index contributed by atoms with van der Waals surface area (Å²) in [6, 6.07) is 4.16. The zero-order chi connectivity index (χ0) is 10.1. The quantitative estimate of drug-likeness (QED) is 0.808. The average molecular weight is 243 g/mol. The predicted octanol–water partition coefficient (Wildman–Crippen LogP) is 2.17. The maximum atomic E-state index is 10.3. The van der Waals surface area contributed by atoms with Crippen LogP contribution in [0.1, 0.15) is 0 Å². The van der Waals surface area contributed by atoms with Crippen molar-refractivity contribution in [3.05, 3.63) is 28.2 Å². The van der Waals surface area contributed by atoms with Gasteiger partial charge in [-0.05, 0) is 12.1 Å². The third kappa shape index (κ3) is 3.04. The van der Waals surface area contributed by atoms with Crippen LogP contribution < -0.4 is 4.18 Å². The molecule has 1 aromatic rings. The van der Waals surface area contributed by atoms with E-state index in [0.717, 1.165) is 0 Å². The van der Waals surface area contributed by atoms with Crippen LogP contribution in [0.2, 0.25) is 10.0 Å². The van der Waals surface area contributed by atoms with Crippen molar-refractivity contribution in [3.8, 4) is 5.75 Å². The van der Waals surface area contributed by atoms with Crippen molar-refractivity contribution >= 4 is 33.6 Å².